The highest BCUT2D eigenvalue weighted by Crippen LogP contribution is 2.32. The summed E-state index contributed by atoms with van der Waals surface area (Å²) in [6.45, 7) is 3.28. The quantitative estimate of drug-likeness (QED) is 0.727. The van der Waals surface area contributed by atoms with Crippen molar-refractivity contribution in [1.82, 2.24) is 10.0 Å². The van der Waals surface area contributed by atoms with Crippen molar-refractivity contribution in [3.05, 3.63) is 42.0 Å². The summed E-state index contributed by atoms with van der Waals surface area (Å²) in [5.41, 5.74) is 7.70. The summed E-state index contributed by atoms with van der Waals surface area (Å²) < 4.78 is 27.3. The molecule has 26 heavy (non-hydrogen) atoms. The third-order valence-corrected chi connectivity index (χ3v) is 7.35. The van der Waals surface area contributed by atoms with Gasteiger partial charge in [-0.2, -0.15) is 0 Å². The summed E-state index contributed by atoms with van der Waals surface area (Å²) in [6, 6.07) is 10.9. The number of benzene rings is 1. The monoisotopic (exact) mass is 393 g/mol. The van der Waals surface area contributed by atoms with E-state index in [1.165, 1.54) is 11.3 Å². The van der Waals surface area contributed by atoms with Crippen LogP contribution in [0.1, 0.15) is 38.3 Å². The van der Waals surface area contributed by atoms with Crippen molar-refractivity contribution < 1.29 is 13.2 Å². The van der Waals surface area contributed by atoms with E-state index in [2.05, 4.69) is 10.0 Å². The fourth-order valence-corrected chi connectivity index (χ4v) is 4.68. The predicted octanol–water partition coefficient (Wildman–Crippen LogP) is 2.64. The molecule has 1 aliphatic rings. The highest BCUT2D eigenvalue weighted by molar-refractivity contribution is 7.90. The molecule has 0 radical (unpaired) electrons. The van der Waals surface area contributed by atoms with Crippen LogP contribution >= 0.6 is 11.3 Å². The van der Waals surface area contributed by atoms with Crippen LogP contribution in [0.2, 0.25) is 0 Å². The Balaban J connectivity index is 1.85. The van der Waals surface area contributed by atoms with Gasteiger partial charge in [0, 0.05) is 17.3 Å². The SMILES string of the molecule is CC(C)S(=O)(=O)N[C@H]1CCC(=O)N[C@@H]1c1ccc(-c2ccc(N)s2)cc1. The molecule has 140 valence electrons. The fourth-order valence-electron chi connectivity index (χ4n) is 2.95. The number of carbonyl (C=O) groups is 1. The van der Waals surface area contributed by atoms with Gasteiger partial charge in [0.15, 0.2) is 0 Å². The maximum atomic E-state index is 12.3. The van der Waals surface area contributed by atoms with Gasteiger partial charge >= 0.3 is 0 Å². The normalized spacial score (nSPS) is 21.0. The van der Waals surface area contributed by atoms with Gasteiger partial charge in [-0.15, -0.1) is 11.3 Å². The third kappa shape index (κ3) is 4.08. The Kier molecular flexibility index (Phi) is 5.36. The van der Waals surface area contributed by atoms with Crippen LogP contribution in [0.4, 0.5) is 5.00 Å². The molecule has 1 aromatic heterocycles. The van der Waals surface area contributed by atoms with Crippen LogP contribution in [-0.2, 0) is 14.8 Å². The molecule has 8 heteroatoms. The summed E-state index contributed by atoms with van der Waals surface area (Å²) in [6.07, 6.45) is 0.792. The maximum absolute atomic E-state index is 12.3. The van der Waals surface area contributed by atoms with Crippen molar-refractivity contribution in [2.24, 2.45) is 0 Å². The molecule has 0 bridgehead atoms. The van der Waals surface area contributed by atoms with E-state index in [-0.39, 0.29) is 18.0 Å². The summed E-state index contributed by atoms with van der Waals surface area (Å²) >= 11 is 1.51. The Morgan fingerprint density at radius 3 is 2.46 bits per heavy atom. The van der Waals surface area contributed by atoms with Gasteiger partial charge in [-0.25, -0.2) is 13.1 Å². The first-order valence-electron chi connectivity index (χ1n) is 8.52. The number of nitrogens with one attached hydrogen (secondary N) is 2. The molecule has 0 aliphatic carbocycles. The van der Waals surface area contributed by atoms with Crippen molar-refractivity contribution in [1.29, 1.82) is 0 Å². The number of nitrogens with two attached hydrogens (primary N) is 1. The van der Waals surface area contributed by atoms with Crippen LogP contribution in [0.5, 0.6) is 0 Å². The van der Waals surface area contributed by atoms with E-state index in [4.69, 9.17) is 5.73 Å². The topological polar surface area (TPSA) is 101 Å². The molecule has 0 unspecified atom stereocenters. The molecule has 4 N–H and O–H groups in total. The zero-order valence-electron chi connectivity index (χ0n) is 14.7. The van der Waals surface area contributed by atoms with E-state index in [9.17, 15) is 13.2 Å². The van der Waals surface area contributed by atoms with Gasteiger partial charge < -0.3 is 11.1 Å². The van der Waals surface area contributed by atoms with E-state index in [0.29, 0.717) is 12.8 Å². The minimum atomic E-state index is -3.42. The van der Waals surface area contributed by atoms with Crippen LogP contribution in [0.3, 0.4) is 0 Å². The smallest absolute Gasteiger partial charge is 0.220 e. The second kappa shape index (κ2) is 7.38. The second-order valence-electron chi connectivity index (χ2n) is 6.73. The van der Waals surface area contributed by atoms with Crippen LogP contribution in [-0.4, -0.2) is 25.6 Å². The van der Waals surface area contributed by atoms with Gasteiger partial charge in [0.1, 0.15) is 0 Å². The number of piperidine rings is 1. The number of sulfonamides is 1. The molecule has 2 heterocycles. The van der Waals surface area contributed by atoms with Crippen molar-refractivity contribution in [2.75, 3.05) is 5.73 Å². The van der Waals surface area contributed by atoms with Gasteiger partial charge in [-0.05, 0) is 43.5 Å². The molecule has 1 fully saturated rings. The molecule has 0 spiro atoms. The van der Waals surface area contributed by atoms with Crippen molar-refractivity contribution in [3.63, 3.8) is 0 Å². The Morgan fingerprint density at radius 1 is 1.19 bits per heavy atom. The lowest BCUT2D eigenvalue weighted by atomic mass is 9.92. The molecular weight excluding hydrogens is 370 g/mol. The van der Waals surface area contributed by atoms with Crippen molar-refractivity contribution >= 4 is 32.3 Å². The maximum Gasteiger partial charge on any atom is 0.220 e. The lowest BCUT2D eigenvalue weighted by Crippen LogP contribution is -2.51. The Hall–Kier alpha value is -1.90. The first-order chi connectivity index (χ1) is 12.3. The van der Waals surface area contributed by atoms with E-state index >= 15 is 0 Å². The van der Waals surface area contributed by atoms with Gasteiger partial charge in [-0.3, -0.25) is 4.79 Å². The molecule has 1 amide bonds. The molecule has 1 aliphatic heterocycles. The van der Waals surface area contributed by atoms with Gasteiger partial charge in [0.25, 0.3) is 0 Å². The molecule has 2 aromatic rings. The highest BCUT2D eigenvalue weighted by atomic mass is 32.2. The largest absolute Gasteiger partial charge is 0.391 e. The van der Waals surface area contributed by atoms with E-state index in [1.54, 1.807) is 13.8 Å². The number of rotatable bonds is 5. The molecule has 6 nitrogen and oxygen atoms in total. The summed E-state index contributed by atoms with van der Waals surface area (Å²) in [5.74, 6) is -0.0647. The van der Waals surface area contributed by atoms with Crippen LogP contribution in [0, 0.1) is 0 Å². The minimum absolute atomic E-state index is 0.0647. The fraction of sp³-hybridized carbons (Fsp3) is 0.389. The van der Waals surface area contributed by atoms with E-state index < -0.39 is 15.3 Å². The van der Waals surface area contributed by atoms with Crippen LogP contribution in [0.25, 0.3) is 10.4 Å². The number of hydrogen-bond donors (Lipinski definition) is 3. The number of anilines is 1. The number of hydrogen-bond acceptors (Lipinski definition) is 5. The second-order valence-corrected chi connectivity index (χ2v) is 10.1. The summed E-state index contributed by atoms with van der Waals surface area (Å²) in [5, 5.41) is 3.16. The third-order valence-electron chi connectivity index (χ3n) is 4.52. The molecule has 1 aromatic carbocycles. The Labute approximate surface area is 157 Å². The lowest BCUT2D eigenvalue weighted by Gasteiger charge is -2.33. The average molecular weight is 394 g/mol. The number of nitrogen functional groups attached to an aromatic ring is 1. The number of carbonyl (C=O) groups excluding carboxylic acids is 1. The summed E-state index contributed by atoms with van der Waals surface area (Å²) in [4.78, 5) is 13.0. The zero-order chi connectivity index (χ0) is 18.9. The highest BCUT2D eigenvalue weighted by Gasteiger charge is 2.33. The molecule has 3 rings (SSSR count). The van der Waals surface area contributed by atoms with E-state index in [1.807, 2.05) is 36.4 Å². The minimum Gasteiger partial charge on any atom is -0.391 e. The van der Waals surface area contributed by atoms with Crippen LogP contribution < -0.4 is 15.8 Å². The Morgan fingerprint density at radius 2 is 1.88 bits per heavy atom. The first kappa shape index (κ1) is 18.9. The average Bonchev–Trinajstić information content (AvgIpc) is 3.03. The molecular formula is C18H23N3O3S2. The first-order valence-corrected chi connectivity index (χ1v) is 10.9. The van der Waals surface area contributed by atoms with Crippen LogP contribution in [0.15, 0.2) is 36.4 Å². The molecule has 1 saturated heterocycles. The van der Waals surface area contributed by atoms with Crippen molar-refractivity contribution in [3.8, 4) is 10.4 Å². The summed E-state index contributed by atoms with van der Waals surface area (Å²) in [7, 11) is -3.42. The molecule has 2 atom stereocenters. The van der Waals surface area contributed by atoms with Gasteiger partial charge in [0.2, 0.25) is 15.9 Å². The van der Waals surface area contributed by atoms with Gasteiger partial charge in [0.05, 0.1) is 16.3 Å². The lowest BCUT2D eigenvalue weighted by molar-refractivity contribution is -0.123. The Bertz CT molecular complexity index is 889. The number of thiophene rings is 1. The molecule has 0 saturated carbocycles. The predicted molar refractivity (Wildman–Crippen MR) is 105 cm³/mol. The van der Waals surface area contributed by atoms with E-state index in [0.717, 1.165) is 21.0 Å². The standard InChI is InChI=1S/C18H23N3O3S2/c1-11(2)26(23,24)21-14-7-10-17(22)20-18(14)13-5-3-12(4-6-13)15-8-9-16(19)25-15/h3-6,8-9,11,14,18,21H,7,10,19H2,1-2H3,(H,20,22)/t14-,18+/m0/s1. The van der Waals surface area contributed by atoms with Gasteiger partial charge in [-0.1, -0.05) is 24.3 Å². The van der Waals surface area contributed by atoms with Crippen molar-refractivity contribution in [2.45, 2.75) is 44.0 Å². The zero-order valence-corrected chi connectivity index (χ0v) is 16.4. The number of amides is 1.